The normalized spacial score (nSPS) is 26.0. The van der Waals surface area contributed by atoms with E-state index >= 15 is 0 Å². The fourth-order valence-corrected chi connectivity index (χ4v) is 3.41. The van der Waals surface area contributed by atoms with Gasteiger partial charge in [-0.1, -0.05) is 41.2 Å². The lowest BCUT2D eigenvalue weighted by Gasteiger charge is -2.35. The van der Waals surface area contributed by atoms with Crippen LogP contribution in [0, 0.1) is 0 Å². The van der Waals surface area contributed by atoms with E-state index in [1.54, 1.807) is 18.2 Å². The van der Waals surface area contributed by atoms with E-state index in [-0.39, 0.29) is 11.5 Å². The Kier molecular flexibility index (Phi) is 3.95. The Balaban J connectivity index is 1.96. The summed E-state index contributed by atoms with van der Waals surface area (Å²) in [6, 6.07) is 5.25. The van der Waals surface area contributed by atoms with Gasteiger partial charge in [0.15, 0.2) is 0 Å². The van der Waals surface area contributed by atoms with Gasteiger partial charge in [0.2, 0.25) is 11.7 Å². The zero-order chi connectivity index (χ0) is 15.0. The lowest BCUT2D eigenvalue weighted by Crippen LogP contribution is -2.45. The van der Waals surface area contributed by atoms with Crippen molar-refractivity contribution in [2.75, 3.05) is 0 Å². The Morgan fingerprint density at radius 2 is 1.95 bits per heavy atom. The van der Waals surface area contributed by atoms with Crippen LogP contribution in [-0.2, 0) is 5.41 Å². The Hall–Kier alpha value is -1.10. The molecular weight excluding hydrogens is 309 g/mol. The summed E-state index contributed by atoms with van der Waals surface area (Å²) in [5, 5.41) is 5.16. The molecule has 0 saturated heterocycles. The van der Waals surface area contributed by atoms with Crippen LogP contribution in [0.25, 0.3) is 11.4 Å². The molecule has 1 aliphatic carbocycles. The lowest BCUT2D eigenvalue weighted by atomic mass is 9.72. The second kappa shape index (κ2) is 5.59. The van der Waals surface area contributed by atoms with E-state index in [9.17, 15) is 0 Å². The molecule has 1 heterocycles. The molecular formula is C15H17Cl2N3O. The van der Waals surface area contributed by atoms with Gasteiger partial charge in [-0.25, -0.2) is 0 Å². The van der Waals surface area contributed by atoms with Crippen LogP contribution in [0.15, 0.2) is 22.7 Å². The molecule has 0 aliphatic heterocycles. The minimum absolute atomic E-state index is 0.0440. The van der Waals surface area contributed by atoms with Gasteiger partial charge in [0.05, 0.1) is 5.41 Å². The van der Waals surface area contributed by atoms with Crippen molar-refractivity contribution in [3.8, 4) is 11.4 Å². The number of aromatic nitrogens is 2. The predicted molar refractivity (Wildman–Crippen MR) is 83.5 cm³/mol. The molecule has 1 fully saturated rings. The van der Waals surface area contributed by atoms with Gasteiger partial charge in [0.1, 0.15) is 0 Å². The summed E-state index contributed by atoms with van der Waals surface area (Å²) >= 11 is 12.0. The van der Waals surface area contributed by atoms with Crippen LogP contribution in [0.4, 0.5) is 0 Å². The number of benzene rings is 1. The molecule has 6 heteroatoms. The summed E-state index contributed by atoms with van der Waals surface area (Å²) in [4.78, 5) is 4.53. The maximum atomic E-state index is 6.27. The van der Waals surface area contributed by atoms with Gasteiger partial charge < -0.3 is 10.3 Å². The van der Waals surface area contributed by atoms with Crippen LogP contribution in [-0.4, -0.2) is 16.2 Å². The van der Waals surface area contributed by atoms with Crippen molar-refractivity contribution >= 4 is 23.2 Å². The van der Waals surface area contributed by atoms with Crippen LogP contribution >= 0.6 is 23.2 Å². The summed E-state index contributed by atoms with van der Waals surface area (Å²) in [7, 11) is 0. The molecule has 0 amide bonds. The van der Waals surface area contributed by atoms with Gasteiger partial charge in [-0.15, -0.1) is 0 Å². The number of hydrogen-bond donors (Lipinski definition) is 1. The van der Waals surface area contributed by atoms with Crippen molar-refractivity contribution in [3.63, 3.8) is 0 Å². The Morgan fingerprint density at radius 1 is 1.24 bits per heavy atom. The number of halogens is 2. The van der Waals surface area contributed by atoms with Crippen molar-refractivity contribution in [3.05, 3.63) is 34.1 Å². The first kappa shape index (κ1) is 14.8. The summed E-state index contributed by atoms with van der Waals surface area (Å²) in [5.74, 6) is 1.09. The van der Waals surface area contributed by atoms with Gasteiger partial charge in [0.25, 0.3) is 0 Å². The number of nitrogens with zero attached hydrogens (tertiary/aromatic N) is 2. The zero-order valence-electron chi connectivity index (χ0n) is 11.8. The van der Waals surface area contributed by atoms with Crippen LogP contribution in [0.3, 0.4) is 0 Å². The third-order valence-electron chi connectivity index (χ3n) is 4.31. The topological polar surface area (TPSA) is 64.9 Å². The Bertz CT molecular complexity index is 638. The summed E-state index contributed by atoms with van der Waals surface area (Å²) < 4.78 is 5.48. The Labute approximate surface area is 133 Å². The molecule has 2 N–H and O–H groups in total. The molecule has 3 rings (SSSR count). The average molecular weight is 326 g/mol. The van der Waals surface area contributed by atoms with Crippen LogP contribution in [0.5, 0.6) is 0 Å². The molecule has 112 valence electrons. The number of rotatable bonds is 2. The van der Waals surface area contributed by atoms with Crippen molar-refractivity contribution in [1.29, 1.82) is 0 Å². The van der Waals surface area contributed by atoms with Gasteiger partial charge in [-0.05, 0) is 38.0 Å². The SMILES string of the molecule is CC1(c2nc(-c3cc(Cl)cc(Cl)c3)no2)CCCCC1N. The highest BCUT2D eigenvalue weighted by Crippen LogP contribution is 2.38. The molecule has 2 unspecified atom stereocenters. The highest BCUT2D eigenvalue weighted by molar-refractivity contribution is 6.35. The second-order valence-corrected chi connectivity index (χ2v) is 6.72. The van der Waals surface area contributed by atoms with E-state index < -0.39 is 0 Å². The molecule has 0 radical (unpaired) electrons. The van der Waals surface area contributed by atoms with E-state index in [2.05, 4.69) is 17.1 Å². The maximum Gasteiger partial charge on any atom is 0.234 e. The minimum atomic E-state index is -0.258. The van der Waals surface area contributed by atoms with E-state index in [1.165, 1.54) is 0 Å². The van der Waals surface area contributed by atoms with Crippen molar-refractivity contribution < 1.29 is 4.52 Å². The van der Waals surface area contributed by atoms with Crippen molar-refractivity contribution in [1.82, 2.24) is 10.1 Å². The fraction of sp³-hybridized carbons (Fsp3) is 0.467. The van der Waals surface area contributed by atoms with E-state index in [1.807, 2.05) is 0 Å². The summed E-state index contributed by atoms with van der Waals surface area (Å²) in [6.07, 6.45) is 4.23. The molecule has 0 bridgehead atoms. The first-order valence-corrected chi connectivity index (χ1v) is 7.81. The minimum Gasteiger partial charge on any atom is -0.338 e. The molecule has 2 aromatic rings. The first-order valence-electron chi connectivity index (χ1n) is 7.05. The molecule has 2 atom stereocenters. The van der Waals surface area contributed by atoms with Gasteiger partial charge in [-0.2, -0.15) is 4.98 Å². The summed E-state index contributed by atoms with van der Waals surface area (Å²) in [6.45, 7) is 2.10. The van der Waals surface area contributed by atoms with Gasteiger partial charge in [-0.3, -0.25) is 0 Å². The van der Waals surface area contributed by atoms with E-state index in [0.29, 0.717) is 21.8 Å². The van der Waals surface area contributed by atoms with E-state index in [4.69, 9.17) is 33.5 Å². The summed E-state index contributed by atoms with van der Waals surface area (Å²) in [5.41, 5.74) is 6.76. The standard InChI is InChI=1S/C15H17Cl2N3O/c1-15(5-3-2-4-12(15)18)14-19-13(20-21-14)9-6-10(16)8-11(17)7-9/h6-8,12H,2-5,18H2,1H3. The van der Waals surface area contributed by atoms with E-state index in [0.717, 1.165) is 31.2 Å². The molecule has 1 aromatic heterocycles. The Morgan fingerprint density at radius 3 is 2.62 bits per heavy atom. The second-order valence-electron chi connectivity index (χ2n) is 5.85. The van der Waals surface area contributed by atoms with Crippen molar-refractivity contribution in [2.45, 2.75) is 44.1 Å². The number of nitrogens with two attached hydrogens (primary N) is 1. The molecule has 1 aliphatic rings. The third-order valence-corrected chi connectivity index (χ3v) is 4.75. The fourth-order valence-electron chi connectivity index (χ4n) is 2.88. The quantitative estimate of drug-likeness (QED) is 0.898. The van der Waals surface area contributed by atoms with Crippen molar-refractivity contribution in [2.24, 2.45) is 5.73 Å². The maximum absolute atomic E-state index is 6.27. The van der Waals surface area contributed by atoms with Gasteiger partial charge >= 0.3 is 0 Å². The predicted octanol–water partition coefficient (Wildman–Crippen LogP) is 4.20. The average Bonchev–Trinajstić information content (AvgIpc) is 2.91. The highest BCUT2D eigenvalue weighted by atomic mass is 35.5. The zero-order valence-corrected chi connectivity index (χ0v) is 13.3. The highest BCUT2D eigenvalue weighted by Gasteiger charge is 2.40. The third kappa shape index (κ3) is 2.80. The smallest absolute Gasteiger partial charge is 0.234 e. The first-order chi connectivity index (χ1) is 9.99. The molecule has 1 saturated carbocycles. The van der Waals surface area contributed by atoms with Crippen LogP contribution in [0.2, 0.25) is 10.0 Å². The van der Waals surface area contributed by atoms with Gasteiger partial charge in [0, 0.05) is 21.7 Å². The largest absolute Gasteiger partial charge is 0.338 e. The lowest BCUT2D eigenvalue weighted by molar-refractivity contribution is 0.203. The molecule has 1 aromatic carbocycles. The monoisotopic (exact) mass is 325 g/mol. The molecule has 21 heavy (non-hydrogen) atoms. The molecule has 4 nitrogen and oxygen atoms in total. The van der Waals surface area contributed by atoms with Crippen LogP contribution < -0.4 is 5.73 Å². The number of hydrogen-bond acceptors (Lipinski definition) is 4. The molecule has 0 spiro atoms. The van der Waals surface area contributed by atoms with Crippen LogP contribution in [0.1, 0.15) is 38.5 Å².